The fourth-order valence-corrected chi connectivity index (χ4v) is 3.13. The van der Waals surface area contributed by atoms with Crippen LogP contribution in [0.3, 0.4) is 0 Å². The summed E-state index contributed by atoms with van der Waals surface area (Å²) in [6, 6.07) is 12.0. The number of carbonyl (C=O) groups is 1. The minimum absolute atomic E-state index is 0.000966. The zero-order chi connectivity index (χ0) is 17.0. The monoisotopic (exact) mass is 331 g/mol. The Morgan fingerprint density at radius 3 is 2.39 bits per heavy atom. The number of halogens is 1. The van der Waals surface area contributed by atoms with Crippen LogP contribution >= 0.6 is 11.6 Å². The summed E-state index contributed by atoms with van der Waals surface area (Å²) >= 11 is 6.20. The molecule has 3 nitrogen and oxygen atoms in total. The van der Waals surface area contributed by atoms with Gasteiger partial charge in [-0.25, -0.2) is 0 Å². The Bertz CT molecular complexity index is 689. The van der Waals surface area contributed by atoms with Crippen molar-refractivity contribution >= 4 is 23.2 Å². The molecular weight excluding hydrogens is 308 g/mol. The van der Waals surface area contributed by atoms with Gasteiger partial charge in [-0.15, -0.1) is 0 Å². The Hall–Kier alpha value is -1.84. The van der Waals surface area contributed by atoms with E-state index in [0.717, 1.165) is 27.4 Å². The van der Waals surface area contributed by atoms with E-state index >= 15 is 0 Å². The summed E-state index contributed by atoms with van der Waals surface area (Å²) in [6.45, 7) is 8.51. The molecular formula is C19H24ClN2O+. The zero-order valence-corrected chi connectivity index (χ0v) is 14.9. The van der Waals surface area contributed by atoms with Crippen molar-refractivity contribution < 1.29 is 10.1 Å². The molecule has 3 N–H and O–H groups in total. The molecule has 0 aliphatic heterocycles. The van der Waals surface area contributed by atoms with Crippen molar-refractivity contribution in [3.63, 3.8) is 0 Å². The first-order chi connectivity index (χ1) is 10.9. The molecule has 0 spiro atoms. The smallest absolute Gasteiger partial charge is 0.279 e. The largest absolute Gasteiger partial charge is 0.332 e. The summed E-state index contributed by atoms with van der Waals surface area (Å²) in [6.07, 6.45) is 0. The van der Waals surface area contributed by atoms with E-state index in [1.165, 1.54) is 5.56 Å². The van der Waals surface area contributed by atoms with Crippen molar-refractivity contribution in [1.82, 2.24) is 0 Å². The van der Waals surface area contributed by atoms with Gasteiger partial charge in [-0.3, -0.25) is 4.79 Å². The van der Waals surface area contributed by atoms with Crippen molar-refractivity contribution in [2.45, 2.75) is 33.7 Å². The van der Waals surface area contributed by atoms with Gasteiger partial charge in [0.2, 0.25) is 0 Å². The Balaban J connectivity index is 1.97. The molecule has 0 saturated heterocycles. The lowest BCUT2D eigenvalue weighted by molar-refractivity contribution is -0.682. The quantitative estimate of drug-likeness (QED) is 0.865. The van der Waals surface area contributed by atoms with E-state index in [1.807, 2.05) is 43.4 Å². The molecule has 1 amide bonds. The van der Waals surface area contributed by atoms with Crippen LogP contribution in [0.1, 0.15) is 35.2 Å². The van der Waals surface area contributed by atoms with Gasteiger partial charge in [0, 0.05) is 16.3 Å². The maximum atomic E-state index is 12.2. The third-order valence-electron chi connectivity index (χ3n) is 3.99. The lowest BCUT2D eigenvalue weighted by Crippen LogP contribution is -2.86. The number of nitrogens with two attached hydrogens (primary N) is 1. The van der Waals surface area contributed by atoms with Gasteiger partial charge in [0.1, 0.15) is 6.04 Å². The molecule has 4 heteroatoms. The minimum Gasteiger partial charge on any atom is -0.332 e. The second-order valence-corrected chi connectivity index (χ2v) is 6.48. The van der Waals surface area contributed by atoms with Gasteiger partial charge in [-0.2, -0.15) is 0 Å². The summed E-state index contributed by atoms with van der Waals surface area (Å²) in [5.74, 6) is -0.000966. The molecule has 0 unspecified atom stereocenters. The maximum absolute atomic E-state index is 12.2. The van der Waals surface area contributed by atoms with Crippen molar-refractivity contribution in [3.05, 3.63) is 63.7 Å². The summed E-state index contributed by atoms with van der Waals surface area (Å²) < 4.78 is 0. The van der Waals surface area contributed by atoms with Crippen molar-refractivity contribution in [2.75, 3.05) is 11.9 Å². The highest BCUT2D eigenvalue weighted by molar-refractivity contribution is 6.31. The number of quaternary nitrogens is 1. The van der Waals surface area contributed by atoms with Gasteiger partial charge in [-0.05, 0) is 44.9 Å². The summed E-state index contributed by atoms with van der Waals surface area (Å²) in [5.41, 5.74) is 5.35. The van der Waals surface area contributed by atoms with Crippen LogP contribution in [0.5, 0.6) is 0 Å². The van der Waals surface area contributed by atoms with E-state index in [9.17, 15) is 4.79 Å². The molecule has 2 aromatic rings. The second-order valence-electron chi connectivity index (χ2n) is 6.07. The van der Waals surface area contributed by atoms with Crippen LogP contribution in [0, 0.1) is 20.8 Å². The molecule has 0 heterocycles. The van der Waals surface area contributed by atoms with Crippen molar-refractivity contribution in [1.29, 1.82) is 0 Å². The third-order valence-corrected chi connectivity index (χ3v) is 4.34. The fraction of sp³-hybridized carbons (Fsp3) is 0.316. The van der Waals surface area contributed by atoms with E-state index < -0.39 is 0 Å². The average molecular weight is 332 g/mol. The fourth-order valence-electron chi connectivity index (χ4n) is 2.82. The number of aryl methyl sites for hydroxylation is 3. The molecule has 2 aromatic carbocycles. The highest BCUT2D eigenvalue weighted by atomic mass is 35.5. The van der Waals surface area contributed by atoms with Gasteiger partial charge in [-0.1, -0.05) is 47.5 Å². The average Bonchev–Trinajstić information content (AvgIpc) is 2.49. The van der Waals surface area contributed by atoms with E-state index in [1.54, 1.807) is 0 Å². The summed E-state index contributed by atoms with van der Waals surface area (Å²) in [5, 5.41) is 5.76. The Labute approximate surface area is 143 Å². The SMILES string of the molecule is Cc1cc(C)c(NC(=O)C[NH2+][C@@H](C)c2ccccc2Cl)c(C)c1. The number of hydrogen-bond acceptors (Lipinski definition) is 1. The van der Waals surface area contributed by atoms with Gasteiger partial charge >= 0.3 is 0 Å². The predicted molar refractivity (Wildman–Crippen MR) is 95.9 cm³/mol. The number of anilines is 1. The van der Waals surface area contributed by atoms with Crippen LogP contribution in [0.15, 0.2) is 36.4 Å². The van der Waals surface area contributed by atoms with E-state index in [-0.39, 0.29) is 11.9 Å². The molecule has 0 bridgehead atoms. The van der Waals surface area contributed by atoms with Crippen LogP contribution < -0.4 is 10.6 Å². The van der Waals surface area contributed by atoms with Crippen molar-refractivity contribution in [2.24, 2.45) is 0 Å². The number of nitrogens with one attached hydrogen (secondary N) is 1. The Kier molecular flexibility index (Phi) is 5.80. The summed E-state index contributed by atoms with van der Waals surface area (Å²) in [4.78, 5) is 12.2. The lowest BCUT2D eigenvalue weighted by Gasteiger charge is -2.15. The molecule has 23 heavy (non-hydrogen) atoms. The highest BCUT2D eigenvalue weighted by Gasteiger charge is 2.15. The first-order valence-corrected chi connectivity index (χ1v) is 8.21. The first kappa shape index (κ1) is 17.5. The van der Waals surface area contributed by atoms with Gasteiger partial charge in [0.05, 0.1) is 0 Å². The number of benzene rings is 2. The van der Waals surface area contributed by atoms with E-state index in [0.29, 0.717) is 6.54 Å². The number of hydrogen-bond donors (Lipinski definition) is 2. The molecule has 0 aliphatic carbocycles. The van der Waals surface area contributed by atoms with Crippen LogP contribution in [0.2, 0.25) is 5.02 Å². The van der Waals surface area contributed by atoms with Crippen molar-refractivity contribution in [3.8, 4) is 0 Å². The Morgan fingerprint density at radius 1 is 1.17 bits per heavy atom. The normalized spacial score (nSPS) is 12.0. The maximum Gasteiger partial charge on any atom is 0.279 e. The second kappa shape index (κ2) is 7.62. The highest BCUT2D eigenvalue weighted by Crippen LogP contribution is 2.22. The molecule has 1 atom stereocenters. The van der Waals surface area contributed by atoms with Gasteiger partial charge in [0.15, 0.2) is 6.54 Å². The Morgan fingerprint density at radius 2 is 1.78 bits per heavy atom. The molecule has 0 fully saturated rings. The molecule has 122 valence electrons. The number of amides is 1. The molecule has 0 saturated carbocycles. The van der Waals surface area contributed by atoms with E-state index in [4.69, 9.17) is 11.6 Å². The van der Waals surface area contributed by atoms with Gasteiger partial charge in [0.25, 0.3) is 5.91 Å². The first-order valence-electron chi connectivity index (χ1n) is 7.84. The lowest BCUT2D eigenvalue weighted by atomic mass is 10.1. The van der Waals surface area contributed by atoms with Crippen LogP contribution in [-0.4, -0.2) is 12.5 Å². The van der Waals surface area contributed by atoms with Gasteiger partial charge < -0.3 is 10.6 Å². The standard InChI is InChI=1S/C19H23ClN2O/c1-12-9-13(2)19(14(3)10-12)22-18(23)11-21-15(4)16-7-5-6-8-17(16)20/h5-10,15,21H,11H2,1-4H3,(H,22,23)/p+1/t15-/m0/s1. The minimum atomic E-state index is -0.000966. The zero-order valence-electron chi connectivity index (χ0n) is 14.1. The summed E-state index contributed by atoms with van der Waals surface area (Å²) in [7, 11) is 0. The molecule has 0 aliphatic rings. The molecule has 0 radical (unpaired) electrons. The van der Waals surface area contributed by atoms with E-state index in [2.05, 4.69) is 31.3 Å². The topological polar surface area (TPSA) is 45.7 Å². The van der Waals surface area contributed by atoms with Crippen LogP contribution in [0.4, 0.5) is 5.69 Å². The number of rotatable bonds is 5. The predicted octanol–water partition coefficient (Wildman–Crippen LogP) is 3.53. The number of carbonyl (C=O) groups excluding carboxylic acids is 1. The third kappa shape index (κ3) is 4.57. The molecule has 0 aromatic heterocycles. The molecule has 2 rings (SSSR count). The van der Waals surface area contributed by atoms with Crippen LogP contribution in [0.25, 0.3) is 0 Å². The van der Waals surface area contributed by atoms with Crippen LogP contribution in [-0.2, 0) is 4.79 Å².